The van der Waals surface area contributed by atoms with Crippen molar-refractivity contribution in [3.8, 4) is 5.75 Å². The average Bonchev–Trinajstić information content (AvgIpc) is 2.43. The number of likely N-dealkylation sites (N-methyl/N-ethyl adjacent to an activating group) is 1. The van der Waals surface area contributed by atoms with E-state index in [9.17, 15) is 9.59 Å². The van der Waals surface area contributed by atoms with Gasteiger partial charge in [0.25, 0.3) is 5.91 Å². The van der Waals surface area contributed by atoms with Crippen molar-refractivity contribution in [1.82, 2.24) is 4.90 Å². The zero-order valence-electron chi connectivity index (χ0n) is 11.1. The van der Waals surface area contributed by atoms with Gasteiger partial charge in [-0.25, -0.2) is 0 Å². The molecule has 0 aliphatic rings. The molecule has 0 bridgehead atoms. The van der Waals surface area contributed by atoms with Gasteiger partial charge in [-0.2, -0.15) is 0 Å². The third-order valence-corrected chi connectivity index (χ3v) is 3.10. The fraction of sp³-hybridized carbons (Fsp3) is 0.385. The van der Waals surface area contributed by atoms with Gasteiger partial charge in [-0.1, -0.05) is 15.9 Å². The third-order valence-electron chi connectivity index (χ3n) is 2.61. The highest BCUT2D eigenvalue weighted by molar-refractivity contribution is 9.10. The predicted octanol–water partition coefficient (Wildman–Crippen LogP) is 2.09. The normalized spacial score (nSPS) is 9.89. The smallest absolute Gasteiger partial charge is 0.325 e. The van der Waals surface area contributed by atoms with E-state index in [1.807, 2.05) is 0 Å². The lowest BCUT2D eigenvalue weighted by molar-refractivity contribution is -0.141. The van der Waals surface area contributed by atoms with Crippen LogP contribution in [0.1, 0.15) is 17.3 Å². The van der Waals surface area contributed by atoms with Gasteiger partial charge in [-0.15, -0.1) is 0 Å². The fourth-order valence-corrected chi connectivity index (χ4v) is 1.93. The second-order valence-electron chi connectivity index (χ2n) is 3.74. The highest BCUT2D eigenvalue weighted by Crippen LogP contribution is 2.24. The molecule has 0 unspecified atom stereocenters. The van der Waals surface area contributed by atoms with Crippen LogP contribution in [-0.2, 0) is 9.53 Å². The molecule has 0 fully saturated rings. The van der Waals surface area contributed by atoms with Crippen molar-refractivity contribution in [3.05, 3.63) is 28.2 Å². The third kappa shape index (κ3) is 3.96. The molecule has 6 heteroatoms. The van der Waals surface area contributed by atoms with Gasteiger partial charge in [0.1, 0.15) is 12.3 Å². The molecule has 1 rings (SSSR count). The summed E-state index contributed by atoms with van der Waals surface area (Å²) in [6.07, 6.45) is 0. The number of nitrogens with zero attached hydrogens (tertiary/aromatic N) is 1. The largest absolute Gasteiger partial charge is 0.496 e. The van der Waals surface area contributed by atoms with E-state index in [0.29, 0.717) is 17.9 Å². The van der Waals surface area contributed by atoms with Crippen molar-refractivity contribution in [2.75, 3.05) is 27.3 Å². The Labute approximate surface area is 120 Å². The summed E-state index contributed by atoms with van der Waals surface area (Å²) < 4.78 is 10.5. The van der Waals surface area contributed by atoms with Crippen LogP contribution in [0.2, 0.25) is 0 Å². The van der Waals surface area contributed by atoms with Gasteiger partial charge in [-0.05, 0) is 25.1 Å². The molecule has 1 aromatic rings. The first-order chi connectivity index (χ1) is 9.03. The minimum Gasteiger partial charge on any atom is -0.496 e. The van der Waals surface area contributed by atoms with Gasteiger partial charge in [-0.3, -0.25) is 9.59 Å². The van der Waals surface area contributed by atoms with Gasteiger partial charge < -0.3 is 14.4 Å². The Morgan fingerprint density at radius 1 is 1.32 bits per heavy atom. The lowest BCUT2D eigenvalue weighted by Gasteiger charge is -2.20. The number of ether oxygens (including phenoxy) is 2. The molecule has 1 aromatic carbocycles. The number of halogens is 1. The van der Waals surface area contributed by atoms with Gasteiger partial charge in [0.2, 0.25) is 0 Å². The molecular formula is C13H16BrNO4. The zero-order chi connectivity index (χ0) is 14.4. The maximum absolute atomic E-state index is 12.4. The van der Waals surface area contributed by atoms with E-state index in [4.69, 9.17) is 4.74 Å². The summed E-state index contributed by atoms with van der Waals surface area (Å²) in [5, 5.41) is 0. The summed E-state index contributed by atoms with van der Waals surface area (Å²) in [5.74, 6) is -0.258. The highest BCUT2D eigenvalue weighted by atomic mass is 79.9. The number of carbonyl (C=O) groups is 2. The number of carbonyl (C=O) groups excluding carboxylic acids is 2. The lowest BCUT2D eigenvalue weighted by atomic mass is 10.1. The summed E-state index contributed by atoms with van der Waals surface area (Å²) in [7, 11) is 2.79. The molecule has 0 aliphatic carbocycles. The molecule has 0 saturated heterocycles. The minimum atomic E-state index is -0.454. The van der Waals surface area contributed by atoms with Gasteiger partial charge >= 0.3 is 5.97 Å². The topological polar surface area (TPSA) is 55.8 Å². The minimum absolute atomic E-state index is 0.0818. The van der Waals surface area contributed by atoms with Crippen molar-refractivity contribution in [3.63, 3.8) is 0 Å². The molecule has 0 radical (unpaired) electrons. The van der Waals surface area contributed by atoms with E-state index in [-0.39, 0.29) is 12.5 Å². The predicted molar refractivity (Wildman–Crippen MR) is 74.3 cm³/mol. The van der Waals surface area contributed by atoms with Crippen LogP contribution in [0.3, 0.4) is 0 Å². The van der Waals surface area contributed by atoms with E-state index in [1.54, 1.807) is 25.1 Å². The Balaban J connectivity index is 3.03. The van der Waals surface area contributed by atoms with Gasteiger partial charge in [0.15, 0.2) is 0 Å². The van der Waals surface area contributed by atoms with Crippen LogP contribution >= 0.6 is 15.9 Å². The zero-order valence-corrected chi connectivity index (χ0v) is 12.7. The quantitative estimate of drug-likeness (QED) is 0.776. The lowest BCUT2D eigenvalue weighted by Crippen LogP contribution is -2.36. The maximum Gasteiger partial charge on any atom is 0.325 e. The second kappa shape index (κ2) is 7.13. The standard InChI is InChI=1S/C13H16BrNO4/c1-4-15(8-12(16)19-3)13(17)10-7-9(14)5-6-11(10)18-2/h5-7H,4,8H2,1-3H3. The molecule has 0 saturated carbocycles. The van der Waals surface area contributed by atoms with E-state index >= 15 is 0 Å². The average molecular weight is 330 g/mol. The van der Waals surface area contributed by atoms with Crippen LogP contribution in [0.4, 0.5) is 0 Å². The Bertz CT molecular complexity index is 476. The van der Waals surface area contributed by atoms with E-state index in [1.165, 1.54) is 19.1 Å². The summed E-state index contributed by atoms with van der Waals surface area (Å²) in [6.45, 7) is 2.12. The molecule has 0 atom stereocenters. The van der Waals surface area contributed by atoms with Crippen molar-refractivity contribution >= 4 is 27.8 Å². The summed E-state index contributed by atoms with van der Waals surface area (Å²) >= 11 is 3.31. The fourth-order valence-electron chi connectivity index (χ4n) is 1.57. The number of amides is 1. The van der Waals surface area contributed by atoms with Crippen LogP contribution in [0.5, 0.6) is 5.75 Å². The Morgan fingerprint density at radius 3 is 2.53 bits per heavy atom. The first-order valence-corrected chi connectivity index (χ1v) is 6.52. The number of hydrogen-bond donors (Lipinski definition) is 0. The molecule has 0 aromatic heterocycles. The first kappa shape index (κ1) is 15.5. The number of rotatable bonds is 5. The summed E-state index contributed by atoms with van der Waals surface area (Å²) in [5.41, 5.74) is 0.405. The molecular weight excluding hydrogens is 314 g/mol. The van der Waals surface area contributed by atoms with E-state index in [0.717, 1.165) is 4.47 Å². The summed E-state index contributed by atoms with van der Waals surface area (Å²) in [6, 6.07) is 5.15. The number of esters is 1. The molecule has 1 amide bonds. The van der Waals surface area contributed by atoms with Gasteiger partial charge in [0.05, 0.1) is 19.8 Å². The highest BCUT2D eigenvalue weighted by Gasteiger charge is 2.21. The van der Waals surface area contributed by atoms with E-state index in [2.05, 4.69) is 20.7 Å². The molecule has 0 spiro atoms. The molecule has 5 nitrogen and oxygen atoms in total. The second-order valence-corrected chi connectivity index (χ2v) is 4.66. The SMILES string of the molecule is CCN(CC(=O)OC)C(=O)c1cc(Br)ccc1OC. The number of hydrogen-bond acceptors (Lipinski definition) is 4. The van der Waals surface area contributed by atoms with Crippen molar-refractivity contribution in [1.29, 1.82) is 0 Å². The molecule has 0 N–H and O–H groups in total. The molecule has 0 aliphatic heterocycles. The molecule has 19 heavy (non-hydrogen) atoms. The van der Waals surface area contributed by atoms with Gasteiger partial charge in [0, 0.05) is 11.0 Å². The number of benzene rings is 1. The van der Waals surface area contributed by atoms with Crippen LogP contribution in [-0.4, -0.2) is 44.1 Å². The van der Waals surface area contributed by atoms with Crippen LogP contribution in [0.25, 0.3) is 0 Å². The van der Waals surface area contributed by atoms with Crippen LogP contribution < -0.4 is 4.74 Å². The summed E-state index contributed by atoms with van der Waals surface area (Å²) in [4.78, 5) is 25.1. The Morgan fingerprint density at radius 2 is 2.00 bits per heavy atom. The van der Waals surface area contributed by atoms with Crippen molar-refractivity contribution in [2.24, 2.45) is 0 Å². The Kier molecular flexibility index (Phi) is 5.82. The number of methoxy groups -OCH3 is 2. The van der Waals surface area contributed by atoms with Crippen molar-refractivity contribution in [2.45, 2.75) is 6.92 Å². The molecule has 104 valence electrons. The Hall–Kier alpha value is -1.56. The monoisotopic (exact) mass is 329 g/mol. The van der Waals surface area contributed by atoms with Crippen LogP contribution in [0, 0.1) is 0 Å². The first-order valence-electron chi connectivity index (χ1n) is 5.73. The molecule has 0 heterocycles. The van der Waals surface area contributed by atoms with Crippen molar-refractivity contribution < 1.29 is 19.1 Å². The maximum atomic E-state index is 12.4. The van der Waals surface area contributed by atoms with E-state index < -0.39 is 5.97 Å². The van der Waals surface area contributed by atoms with Crippen LogP contribution in [0.15, 0.2) is 22.7 Å².